The maximum absolute atomic E-state index is 12.8. The third-order valence-electron chi connectivity index (χ3n) is 2.75. The Morgan fingerprint density at radius 1 is 1.32 bits per heavy atom. The Morgan fingerprint density at radius 3 is 2.63 bits per heavy atom. The summed E-state index contributed by atoms with van der Waals surface area (Å²) in [6.45, 7) is 2.10. The van der Waals surface area contributed by atoms with E-state index in [1.54, 1.807) is 31.3 Å². The highest BCUT2D eigenvalue weighted by Crippen LogP contribution is 2.17. The van der Waals surface area contributed by atoms with Crippen LogP contribution in [-0.2, 0) is 6.54 Å². The van der Waals surface area contributed by atoms with E-state index in [1.165, 1.54) is 12.1 Å². The minimum absolute atomic E-state index is 0.157. The van der Waals surface area contributed by atoms with E-state index in [1.807, 2.05) is 0 Å². The van der Waals surface area contributed by atoms with Crippen LogP contribution in [0, 0.1) is 12.7 Å². The van der Waals surface area contributed by atoms with Crippen molar-refractivity contribution in [2.24, 2.45) is 0 Å². The topological polar surface area (TPSA) is 62.2 Å². The van der Waals surface area contributed by atoms with E-state index >= 15 is 0 Å². The molecule has 0 unspecified atom stereocenters. The van der Waals surface area contributed by atoms with Crippen LogP contribution in [0.1, 0.15) is 21.5 Å². The Labute approximate surface area is 109 Å². The summed E-state index contributed by atoms with van der Waals surface area (Å²) in [7, 11) is 0. The SMILES string of the molecule is Cc1ccnc(NCc2ccc(F)cc2)c1C(=O)O. The minimum atomic E-state index is -1.02. The van der Waals surface area contributed by atoms with Gasteiger partial charge >= 0.3 is 5.97 Å². The van der Waals surface area contributed by atoms with Crippen LogP contribution in [0.2, 0.25) is 0 Å². The number of aromatic nitrogens is 1. The first kappa shape index (κ1) is 13.0. The number of carboxylic acids is 1. The molecule has 0 aliphatic rings. The van der Waals surface area contributed by atoms with Gasteiger partial charge in [-0.1, -0.05) is 12.1 Å². The summed E-state index contributed by atoms with van der Waals surface area (Å²) >= 11 is 0. The van der Waals surface area contributed by atoms with Gasteiger partial charge in [0, 0.05) is 12.7 Å². The first-order valence-electron chi connectivity index (χ1n) is 5.75. The molecule has 2 aromatic rings. The zero-order chi connectivity index (χ0) is 13.8. The van der Waals surface area contributed by atoms with Gasteiger partial charge in [-0.25, -0.2) is 14.2 Å². The molecule has 0 saturated heterocycles. The van der Waals surface area contributed by atoms with Crippen molar-refractivity contribution >= 4 is 11.8 Å². The predicted octanol–water partition coefficient (Wildman–Crippen LogP) is 2.84. The van der Waals surface area contributed by atoms with E-state index in [-0.39, 0.29) is 11.4 Å². The molecule has 1 heterocycles. The summed E-state index contributed by atoms with van der Waals surface area (Å²) in [5, 5.41) is 12.1. The van der Waals surface area contributed by atoms with Gasteiger partial charge in [0.1, 0.15) is 17.2 Å². The van der Waals surface area contributed by atoms with E-state index in [0.717, 1.165) is 5.56 Å². The monoisotopic (exact) mass is 260 g/mol. The van der Waals surface area contributed by atoms with Gasteiger partial charge in [0.25, 0.3) is 0 Å². The van der Waals surface area contributed by atoms with E-state index in [9.17, 15) is 9.18 Å². The number of benzene rings is 1. The first-order valence-corrected chi connectivity index (χ1v) is 5.75. The van der Waals surface area contributed by atoms with E-state index in [2.05, 4.69) is 10.3 Å². The molecule has 0 bridgehead atoms. The second-order valence-electron chi connectivity index (χ2n) is 4.14. The number of nitrogens with one attached hydrogen (secondary N) is 1. The minimum Gasteiger partial charge on any atom is -0.478 e. The molecule has 0 atom stereocenters. The van der Waals surface area contributed by atoms with Crippen molar-refractivity contribution in [1.29, 1.82) is 0 Å². The van der Waals surface area contributed by atoms with Gasteiger partial charge in [0.15, 0.2) is 0 Å². The number of hydrogen-bond donors (Lipinski definition) is 2. The third kappa shape index (κ3) is 3.07. The van der Waals surface area contributed by atoms with Crippen LogP contribution in [0.3, 0.4) is 0 Å². The Balaban J connectivity index is 2.18. The molecule has 0 amide bonds. The average Bonchev–Trinajstić information content (AvgIpc) is 2.37. The predicted molar refractivity (Wildman–Crippen MR) is 69.7 cm³/mol. The van der Waals surface area contributed by atoms with Gasteiger partial charge in [0.05, 0.1) is 0 Å². The van der Waals surface area contributed by atoms with Crippen LogP contribution in [0.5, 0.6) is 0 Å². The average molecular weight is 260 g/mol. The molecule has 0 spiro atoms. The molecule has 4 nitrogen and oxygen atoms in total. The van der Waals surface area contributed by atoms with Gasteiger partial charge in [-0.15, -0.1) is 0 Å². The van der Waals surface area contributed by atoms with Crippen molar-refractivity contribution in [3.05, 3.63) is 59.0 Å². The Morgan fingerprint density at radius 2 is 2.00 bits per heavy atom. The van der Waals surface area contributed by atoms with E-state index in [4.69, 9.17) is 5.11 Å². The Bertz CT molecular complexity index is 597. The van der Waals surface area contributed by atoms with Crippen molar-refractivity contribution < 1.29 is 14.3 Å². The van der Waals surface area contributed by atoms with Crippen LogP contribution >= 0.6 is 0 Å². The Hall–Kier alpha value is -2.43. The number of rotatable bonds is 4. The number of halogens is 1. The summed E-state index contributed by atoms with van der Waals surface area (Å²) in [4.78, 5) is 15.2. The zero-order valence-corrected chi connectivity index (χ0v) is 10.4. The fourth-order valence-corrected chi connectivity index (χ4v) is 1.75. The molecule has 2 rings (SSSR count). The molecule has 1 aromatic carbocycles. The zero-order valence-electron chi connectivity index (χ0n) is 10.4. The quantitative estimate of drug-likeness (QED) is 0.887. The van der Waals surface area contributed by atoms with E-state index < -0.39 is 5.97 Å². The number of aryl methyl sites for hydroxylation is 1. The van der Waals surface area contributed by atoms with Crippen LogP contribution < -0.4 is 5.32 Å². The van der Waals surface area contributed by atoms with Crippen molar-refractivity contribution in [3.8, 4) is 0 Å². The normalized spacial score (nSPS) is 10.2. The van der Waals surface area contributed by atoms with Crippen LogP contribution in [0.15, 0.2) is 36.5 Å². The first-order chi connectivity index (χ1) is 9.08. The van der Waals surface area contributed by atoms with Crippen LogP contribution in [0.25, 0.3) is 0 Å². The molecule has 5 heteroatoms. The smallest absolute Gasteiger partial charge is 0.339 e. The lowest BCUT2D eigenvalue weighted by molar-refractivity contribution is 0.0697. The lowest BCUT2D eigenvalue weighted by Crippen LogP contribution is -2.10. The standard InChI is InChI=1S/C14H13FN2O2/c1-9-6-7-16-13(12(9)14(18)19)17-8-10-2-4-11(15)5-3-10/h2-7H,8H2,1H3,(H,16,17)(H,18,19). The molecule has 98 valence electrons. The van der Waals surface area contributed by atoms with Crippen molar-refractivity contribution in [2.45, 2.75) is 13.5 Å². The number of anilines is 1. The highest BCUT2D eigenvalue weighted by atomic mass is 19.1. The molecular formula is C14H13FN2O2. The Kier molecular flexibility index (Phi) is 3.75. The maximum atomic E-state index is 12.8. The number of nitrogens with zero attached hydrogens (tertiary/aromatic N) is 1. The lowest BCUT2D eigenvalue weighted by Gasteiger charge is -2.10. The van der Waals surface area contributed by atoms with Gasteiger partial charge in [-0.3, -0.25) is 0 Å². The van der Waals surface area contributed by atoms with Crippen LogP contribution in [-0.4, -0.2) is 16.1 Å². The molecular weight excluding hydrogens is 247 g/mol. The second-order valence-corrected chi connectivity index (χ2v) is 4.14. The van der Waals surface area contributed by atoms with E-state index in [0.29, 0.717) is 17.9 Å². The molecule has 2 N–H and O–H groups in total. The summed E-state index contributed by atoms with van der Waals surface area (Å²) in [6.07, 6.45) is 1.55. The number of pyridine rings is 1. The van der Waals surface area contributed by atoms with Crippen molar-refractivity contribution in [3.63, 3.8) is 0 Å². The van der Waals surface area contributed by atoms with Crippen LogP contribution in [0.4, 0.5) is 10.2 Å². The van der Waals surface area contributed by atoms with Gasteiger partial charge in [-0.05, 0) is 36.2 Å². The second kappa shape index (κ2) is 5.48. The van der Waals surface area contributed by atoms with Crippen molar-refractivity contribution in [2.75, 3.05) is 5.32 Å². The highest BCUT2D eigenvalue weighted by molar-refractivity contribution is 5.94. The number of carboxylic acid groups (broad SMARTS) is 1. The molecule has 0 fully saturated rings. The third-order valence-corrected chi connectivity index (χ3v) is 2.75. The molecule has 0 radical (unpaired) electrons. The highest BCUT2D eigenvalue weighted by Gasteiger charge is 2.13. The fraction of sp³-hybridized carbons (Fsp3) is 0.143. The summed E-state index contributed by atoms with van der Waals surface area (Å²) < 4.78 is 12.8. The molecule has 0 aliphatic heterocycles. The largest absolute Gasteiger partial charge is 0.478 e. The van der Waals surface area contributed by atoms with Crippen molar-refractivity contribution in [1.82, 2.24) is 4.98 Å². The number of hydrogen-bond acceptors (Lipinski definition) is 3. The molecule has 19 heavy (non-hydrogen) atoms. The van der Waals surface area contributed by atoms with Gasteiger partial charge < -0.3 is 10.4 Å². The fourth-order valence-electron chi connectivity index (χ4n) is 1.75. The molecule has 0 saturated carbocycles. The lowest BCUT2D eigenvalue weighted by atomic mass is 10.1. The van der Waals surface area contributed by atoms with Gasteiger partial charge in [-0.2, -0.15) is 0 Å². The number of aromatic carboxylic acids is 1. The maximum Gasteiger partial charge on any atom is 0.339 e. The summed E-state index contributed by atoms with van der Waals surface area (Å²) in [6, 6.07) is 7.64. The summed E-state index contributed by atoms with van der Waals surface area (Å²) in [5.41, 5.74) is 1.65. The molecule has 0 aliphatic carbocycles. The number of carbonyl (C=O) groups is 1. The molecule has 1 aromatic heterocycles. The van der Waals surface area contributed by atoms with Gasteiger partial charge in [0.2, 0.25) is 0 Å². The summed E-state index contributed by atoms with van der Waals surface area (Å²) in [5.74, 6) is -1.01.